The van der Waals surface area contributed by atoms with Gasteiger partial charge in [-0.05, 0) is 52.6 Å². The average Bonchev–Trinajstić information content (AvgIpc) is 3.20. The van der Waals surface area contributed by atoms with Crippen LogP contribution in [-0.4, -0.2) is 33.1 Å². The molecule has 0 saturated heterocycles. The summed E-state index contributed by atoms with van der Waals surface area (Å²) >= 11 is 0. The molecule has 7 nitrogen and oxygen atoms in total. The van der Waals surface area contributed by atoms with Crippen molar-refractivity contribution in [2.24, 2.45) is 5.41 Å². The Labute approximate surface area is 218 Å². The van der Waals surface area contributed by atoms with Gasteiger partial charge in [0.15, 0.2) is 0 Å². The molecular formula is C29H35N3O4S. The van der Waals surface area contributed by atoms with Gasteiger partial charge in [-0.1, -0.05) is 84.9 Å². The van der Waals surface area contributed by atoms with E-state index >= 15 is 0 Å². The Balaban J connectivity index is 1.98. The maximum Gasteiger partial charge on any atom is 0.294 e. The highest BCUT2D eigenvalue weighted by Gasteiger charge is 2.33. The minimum absolute atomic E-state index is 0.0551. The molecule has 0 aliphatic heterocycles. The number of rotatable bonds is 6. The minimum atomic E-state index is -4.38. The van der Waals surface area contributed by atoms with E-state index in [0.29, 0.717) is 11.2 Å². The Bertz CT molecular complexity index is 1560. The van der Waals surface area contributed by atoms with Crippen LogP contribution in [0.15, 0.2) is 65.6 Å². The highest BCUT2D eigenvalue weighted by atomic mass is 32.2. The fraction of sp³-hybridized carbons (Fsp3) is 0.379. The average molecular weight is 522 g/mol. The third kappa shape index (κ3) is 5.40. The molecule has 0 atom stereocenters. The molecule has 0 unspecified atom stereocenters. The van der Waals surface area contributed by atoms with Crippen LogP contribution in [0.1, 0.15) is 71.6 Å². The Morgan fingerprint density at radius 2 is 1.43 bits per heavy atom. The smallest absolute Gasteiger partial charge is 0.294 e. The molecule has 0 spiro atoms. The number of benzene rings is 3. The number of phenols is 1. The number of hydrogen-bond acceptors (Lipinski definition) is 5. The van der Waals surface area contributed by atoms with E-state index in [1.54, 1.807) is 0 Å². The predicted molar refractivity (Wildman–Crippen MR) is 146 cm³/mol. The number of aromatic hydroxyl groups is 1. The van der Waals surface area contributed by atoms with E-state index in [2.05, 4.69) is 64.7 Å². The molecule has 0 bridgehead atoms. The fourth-order valence-electron chi connectivity index (χ4n) is 5.24. The Hall–Kier alpha value is -3.23. The normalized spacial score (nSPS) is 13.3. The van der Waals surface area contributed by atoms with Crippen LogP contribution in [0.2, 0.25) is 0 Å². The summed E-state index contributed by atoms with van der Waals surface area (Å²) in [4.78, 5) is 1.08. The Morgan fingerprint density at radius 3 is 2.03 bits per heavy atom. The lowest BCUT2D eigenvalue weighted by molar-refractivity contribution is 0.283. The van der Waals surface area contributed by atoms with Crippen molar-refractivity contribution < 1.29 is 18.1 Å². The topological polar surface area (TPSA) is 105 Å². The van der Waals surface area contributed by atoms with Gasteiger partial charge in [-0.2, -0.15) is 8.42 Å². The fourth-order valence-corrected chi connectivity index (χ4v) is 5.74. The Morgan fingerprint density at radius 1 is 0.811 bits per heavy atom. The molecule has 0 aliphatic rings. The summed E-state index contributed by atoms with van der Waals surface area (Å²) in [6.07, 6.45) is 0.904. The second kappa shape index (κ2) is 8.96. The van der Waals surface area contributed by atoms with Crippen LogP contribution in [0.25, 0.3) is 16.7 Å². The maximum absolute atomic E-state index is 11.6. The van der Waals surface area contributed by atoms with E-state index < -0.39 is 15.5 Å². The second-order valence-electron chi connectivity index (χ2n) is 12.1. The first-order chi connectivity index (χ1) is 17.0. The molecule has 4 aromatic rings. The molecule has 0 aliphatic carbocycles. The van der Waals surface area contributed by atoms with Gasteiger partial charge in [0.1, 0.15) is 22.5 Å². The van der Waals surface area contributed by atoms with E-state index in [1.807, 2.05) is 36.4 Å². The van der Waals surface area contributed by atoms with Crippen LogP contribution < -0.4 is 0 Å². The lowest BCUT2D eigenvalue weighted by Crippen LogP contribution is -2.27. The van der Waals surface area contributed by atoms with E-state index in [0.717, 1.165) is 23.1 Å². The van der Waals surface area contributed by atoms with Gasteiger partial charge in [-0.15, -0.1) is 15.0 Å². The first-order valence-corrected chi connectivity index (χ1v) is 13.7. The number of fused-ring (bicyclic) bond motifs is 1. The number of aromatic nitrogens is 3. The monoisotopic (exact) mass is 521 g/mol. The largest absolute Gasteiger partial charge is 0.505 e. The number of phenolic OH excluding ortho intramolecular Hbond substituents is 1. The highest BCUT2D eigenvalue weighted by Crippen LogP contribution is 2.44. The van der Waals surface area contributed by atoms with Crippen molar-refractivity contribution in [1.29, 1.82) is 0 Å². The summed E-state index contributed by atoms with van der Waals surface area (Å²) in [5, 5.41) is 20.6. The summed E-state index contributed by atoms with van der Waals surface area (Å²) < 4.78 is 32.7. The summed E-state index contributed by atoms with van der Waals surface area (Å²) in [6.45, 7) is 15.2. The van der Waals surface area contributed by atoms with Crippen molar-refractivity contribution >= 4 is 21.2 Å². The van der Waals surface area contributed by atoms with Gasteiger partial charge in [0, 0.05) is 11.0 Å². The zero-order valence-electron chi connectivity index (χ0n) is 22.4. The zero-order chi connectivity index (χ0) is 27.4. The van der Waals surface area contributed by atoms with E-state index in [9.17, 15) is 18.1 Å². The van der Waals surface area contributed by atoms with Crippen LogP contribution in [-0.2, 0) is 20.9 Å². The molecular weight excluding hydrogens is 486 g/mol. The highest BCUT2D eigenvalue weighted by molar-refractivity contribution is 7.85. The van der Waals surface area contributed by atoms with Crippen LogP contribution in [0.5, 0.6) is 5.75 Å². The van der Waals surface area contributed by atoms with Crippen molar-refractivity contribution in [3.63, 3.8) is 0 Å². The van der Waals surface area contributed by atoms with Crippen LogP contribution in [0, 0.1) is 5.41 Å². The molecule has 0 radical (unpaired) electrons. The van der Waals surface area contributed by atoms with Crippen molar-refractivity contribution in [3.05, 3.63) is 77.4 Å². The summed E-state index contributed by atoms with van der Waals surface area (Å²) in [6, 6.07) is 18.1. The third-order valence-electron chi connectivity index (χ3n) is 6.88. The molecule has 37 heavy (non-hydrogen) atoms. The summed E-state index contributed by atoms with van der Waals surface area (Å²) in [5.74, 6) is 0.0551. The molecule has 0 saturated carbocycles. The van der Waals surface area contributed by atoms with E-state index in [1.165, 1.54) is 23.0 Å². The molecule has 1 aromatic heterocycles. The van der Waals surface area contributed by atoms with E-state index in [4.69, 9.17) is 0 Å². The van der Waals surface area contributed by atoms with Crippen molar-refractivity contribution in [1.82, 2.24) is 15.0 Å². The van der Waals surface area contributed by atoms with Gasteiger partial charge >= 0.3 is 0 Å². The molecule has 4 rings (SSSR count). The summed E-state index contributed by atoms with van der Waals surface area (Å²) in [5.41, 5.74) is 3.28. The van der Waals surface area contributed by atoms with Gasteiger partial charge in [0.25, 0.3) is 10.1 Å². The number of nitrogens with zero attached hydrogens (tertiary/aromatic N) is 3. The molecule has 196 valence electrons. The Kier molecular flexibility index (Phi) is 6.49. The van der Waals surface area contributed by atoms with Crippen LogP contribution in [0.3, 0.4) is 0 Å². The van der Waals surface area contributed by atoms with Gasteiger partial charge < -0.3 is 5.11 Å². The standard InChI is InChI=1S/C29H35N3O4S/c1-27(2,3)18-28(4,5)20-15-22(29(6,7)19-11-9-8-10-12-19)26(33)25(16-20)32-30-23-14-13-21(37(34,35)36)17-24(23)31-32/h8-17,33H,18H2,1-7H3,(H,34,35,36). The molecule has 0 fully saturated rings. The first-order valence-electron chi connectivity index (χ1n) is 12.3. The minimum Gasteiger partial charge on any atom is -0.505 e. The molecule has 0 amide bonds. The third-order valence-corrected chi connectivity index (χ3v) is 7.73. The van der Waals surface area contributed by atoms with E-state index in [-0.39, 0.29) is 27.0 Å². The molecule has 3 aromatic carbocycles. The zero-order valence-corrected chi connectivity index (χ0v) is 23.3. The lowest BCUT2D eigenvalue weighted by Gasteiger charge is -2.35. The van der Waals surface area contributed by atoms with Crippen LogP contribution >= 0.6 is 0 Å². The molecule has 8 heteroatoms. The second-order valence-corrected chi connectivity index (χ2v) is 13.5. The van der Waals surface area contributed by atoms with Crippen molar-refractivity contribution in [3.8, 4) is 11.4 Å². The van der Waals surface area contributed by atoms with Crippen molar-refractivity contribution in [2.75, 3.05) is 0 Å². The van der Waals surface area contributed by atoms with Gasteiger partial charge in [-0.25, -0.2) is 0 Å². The van der Waals surface area contributed by atoms with Gasteiger partial charge in [0.05, 0.1) is 4.90 Å². The summed E-state index contributed by atoms with van der Waals surface area (Å²) in [7, 11) is -4.38. The van der Waals surface area contributed by atoms with Gasteiger partial charge in [-0.3, -0.25) is 4.55 Å². The maximum atomic E-state index is 11.6. The molecule has 2 N–H and O–H groups in total. The first kappa shape index (κ1) is 26.8. The van der Waals surface area contributed by atoms with Gasteiger partial charge in [0.2, 0.25) is 0 Å². The lowest BCUT2D eigenvalue weighted by atomic mass is 9.70. The van der Waals surface area contributed by atoms with Crippen molar-refractivity contribution in [2.45, 2.75) is 70.6 Å². The predicted octanol–water partition coefficient (Wildman–Crippen LogP) is 6.41. The SMILES string of the molecule is CC(C)(C)CC(C)(C)c1cc(-n2nc3ccc(S(=O)(=O)O)cc3n2)c(O)c(C(C)(C)c2ccccc2)c1. The number of hydrogen-bond donors (Lipinski definition) is 2. The molecule has 1 heterocycles. The quantitative estimate of drug-likeness (QED) is 0.284. The van der Waals surface area contributed by atoms with Crippen LogP contribution in [0.4, 0.5) is 0 Å².